The molecule has 0 spiro atoms. The van der Waals surface area contributed by atoms with Crippen LogP contribution in [0, 0.1) is 17.2 Å². The molecule has 1 aliphatic heterocycles. The fourth-order valence-corrected chi connectivity index (χ4v) is 2.29. The first-order valence-electron chi connectivity index (χ1n) is 6.27. The smallest absolute Gasteiger partial charge is 0.306 e. The lowest BCUT2D eigenvalue weighted by molar-refractivity contribution is -0.142. The third kappa shape index (κ3) is 2.14. The number of carboxylic acid groups (broad SMARTS) is 1. The zero-order valence-corrected chi connectivity index (χ0v) is 10.6. The number of fused-ring (bicyclic) bond motifs is 1. The highest BCUT2D eigenvalue weighted by molar-refractivity contribution is 5.70. The predicted molar refractivity (Wildman–Crippen MR) is 68.1 cm³/mol. The van der Waals surface area contributed by atoms with Crippen molar-refractivity contribution in [3.8, 4) is 6.07 Å². The molecule has 3 rings (SSSR count). The number of nitriles is 1. The van der Waals surface area contributed by atoms with E-state index in [0.717, 1.165) is 0 Å². The number of aliphatic carboxylic acids is 1. The number of anilines is 1. The SMILES string of the molecule is N#Cc1cnc2nc(N3CCC(C(=O)O)CC3)nn2c1. The monoisotopic (exact) mass is 272 g/mol. The summed E-state index contributed by atoms with van der Waals surface area (Å²) in [6.07, 6.45) is 4.19. The van der Waals surface area contributed by atoms with Crippen molar-refractivity contribution in [2.75, 3.05) is 18.0 Å². The van der Waals surface area contributed by atoms with E-state index in [9.17, 15) is 4.79 Å². The van der Waals surface area contributed by atoms with E-state index in [0.29, 0.717) is 43.2 Å². The summed E-state index contributed by atoms with van der Waals surface area (Å²) in [6.45, 7) is 1.22. The van der Waals surface area contributed by atoms with Crippen LogP contribution in [-0.2, 0) is 4.79 Å². The van der Waals surface area contributed by atoms with Crippen LogP contribution in [0.4, 0.5) is 5.95 Å². The zero-order chi connectivity index (χ0) is 14.1. The van der Waals surface area contributed by atoms with Crippen LogP contribution in [0.2, 0.25) is 0 Å². The summed E-state index contributed by atoms with van der Waals surface area (Å²) >= 11 is 0. The van der Waals surface area contributed by atoms with E-state index >= 15 is 0 Å². The van der Waals surface area contributed by atoms with E-state index < -0.39 is 5.97 Å². The molecule has 0 saturated carbocycles. The van der Waals surface area contributed by atoms with Crippen LogP contribution in [-0.4, -0.2) is 43.7 Å². The maximum absolute atomic E-state index is 10.9. The summed E-state index contributed by atoms with van der Waals surface area (Å²) in [5, 5.41) is 22.1. The molecule has 0 radical (unpaired) electrons. The molecule has 2 aromatic heterocycles. The molecule has 0 bridgehead atoms. The van der Waals surface area contributed by atoms with Crippen molar-refractivity contribution in [3.05, 3.63) is 18.0 Å². The zero-order valence-electron chi connectivity index (χ0n) is 10.6. The van der Waals surface area contributed by atoms with Gasteiger partial charge in [-0.15, -0.1) is 5.10 Å². The van der Waals surface area contributed by atoms with Gasteiger partial charge in [0.05, 0.1) is 23.9 Å². The van der Waals surface area contributed by atoms with Gasteiger partial charge < -0.3 is 10.0 Å². The molecule has 0 aromatic carbocycles. The van der Waals surface area contributed by atoms with Gasteiger partial charge in [0.1, 0.15) is 6.07 Å². The number of piperidine rings is 1. The molecular formula is C12H12N6O2. The third-order valence-electron chi connectivity index (χ3n) is 3.44. The van der Waals surface area contributed by atoms with E-state index in [4.69, 9.17) is 10.4 Å². The van der Waals surface area contributed by atoms with Gasteiger partial charge in [0, 0.05) is 13.1 Å². The Bertz CT molecular complexity index is 696. The van der Waals surface area contributed by atoms with Gasteiger partial charge in [-0.25, -0.2) is 9.50 Å². The summed E-state index contributed by atoms with van der Waals surface area (Å²) in [5.74, 6) is -0.0738. The number of carboxylic acids is 1. The summed E-state index contributed by atoms with van der Waals surface area (Å²) in [4.78, 5) is 21.2. The van der Waals surface area contributed by atoms with Crippen LogP contribution < -0.4 is 4.90 Å². The molecule has 8 nitrogen and oxygen atoms in total. The van der Waals surface area contributed by atoms with Crippen molar-refractivity contribution >= 4 is 17.7 Å². The van der Waals surface area contributed by atoms with Crippen molar-refractivity contribution in [3.63, 3.8) is 0 Å². The number of carbonyl (C=O) groups is 1. The normalized spacial score (nSPS) is 16.2. The first-order valence-corrected chi connectivity index (χ1v) is 6.27. The number of nitrogens with zero attached hydrogens (tertiary/aromatic N) is 6. The van der Waals surface area contributed by atoms with E-state index in [-0.39, 0.29) is 5.92 Å². The van der Waals surface area contributed by atoms with Gasteiger partial charge in [0.2, 0.25) is 5.95 Å². The van der Waals surface area contributed by atoms with Crippen LogP contribution in [0.5, 0.6) is 0 Å². The molecule has 2 aromatic rings. The lowest BCUT2D eigenvalue weighted by Crippen LogP contribution is -2.36. The Morgan fingerprint density at radius 2 is 2.20 bits per heavy atom. The summed E-state index contributed by atoms with van der Waals surface area (Å²) in [5.41, 5.74) is 0.415. The Hall–Kier alpha value is -2.69. The second-order valence-electron chi connectivity index (χ2n) is 4.71. The van der Waals surface area contributed by atoms with E-state index in [2.05, 4.69) is 15.1 Å². The molecule has 1 fully saturated rings. The molecule has 3 heterocycles. The topological polar surface area (TPSA) is 107 Å². The first kappa shape index (κ1) is 12.3. The van der Waals surface area contributed by atoms with Gasteiger partial charge >= 0.3 is 5.97 Å². The molecule has 1 aliphatic rings. The lowest BCUT2D eigenvalue weighted by Gasteiger charge is -2.28. The molecule has 0 atom stereocenters. The molecule has 20 heavy (non-hydrogen) atoms. The van der Waals surface area contributed by atoms with Gasteiger partial charge in [-0.05, 0) is 12.8 Å². The van der Waals surface area contributed by atoms with Crippen LogP contribution in [0.3, 0.4) is 0 Å². The van der Waals surface area contributed by atoms with E-state index in [1.54, 1.807) is 6.20 Å². The molecule has 0 amide bonds. The fourth-order valence-electron chi connectivity index (χ4n) is 2.29. The molecule has 102 valence electrons. The van der Waals surface area contributed by atoms with Gasteiger partial charge in [-0.1, -0.05) is 0 Å². The Labute approximate surface area is 114 Å². The Balaban J connectivity index is 1.81. The highest BCUT2D eigenvalue weighted by atomic mass is 16.4. The van der Waals surface area contributed by atoms with Crippen LogP contribution in [0.1, 0.15) is 18.4 Å². The van der Waals surface area contributed by atoms with Crippen molar-refractivity contribution in [2.45, 2.75) is 12.8 Å². The summed E-state index contributed by atoms with van der Waals surface area (Å²) in [6, 6.07) is 2.00. The number of aromatic nitrogens is 4. The van der Waals surface area contributed by atoms with Crippen molar-refractivity contribution in [1.29, 1.82) is 5.26 Å². The molecular weight excluding hydrogens is 260 g/mol. The molecule has 8 heteroatoms. The van der Waals surface area contributed by atoms with Gasteiger partial charge in [0.25, 0.3) is 5.78 Å². The van der Waals surface area contributed by atoms with Gasteiger partial charge in [0.15, 0.2) is 0 Å². The standard InChI is InChI=1S/C12H12N6O2/c13-5-8-6-14-11-15-12(16-18(11)7-8)17-3-1-9(2-4-17)10(19)20/h6-7,9H,1-4H2,(H,19,20). The quantitative estimate of drug-likeness (QED) is 0.837. The Morgan fingerprint density at radius 1 is 1.45 bits per heavy atom. The fraction of sp³-hybridized carbons (Fsp3) is 0.417. The third-order valence-corrected chi connectivity index (χ3v) is 3.44. The number of hydrogen-bond donors (Lipinski definition) is 1. The second kappa shape index (κ2) is 4.77. The highest BCUT2D eigenvalue weighted by Crippen LogP contribution is 2.21. The lowest BCUT2D eigenvalue weighted by atomic mass is 9.97. The minimum absolute atomic E-state index is 0.286. The molecule has 1 N–H and O–H groups in total. The molecule has 0 unspecified atom stereocenters. The predicted octanol–water partition coefficient (Wildman–Crippen LogP) is 0.297. The summed E-state index contributed by atoms with van der Waals surface area (Å²) < 4.78 is 1.47. The highest BCUT2D eigenvalue weighted by Gasteiger charge is 2.26. The summed E-state index contributed by atoms with van der Waals surface area (Å²) in [7, 11) is 0. The van der Waals surface area contributed by atoms with E-state index in [1.807, 2.05) is 11.0 Å². The Morgan fingerprint density at radius 3 is 2.85 bits per heavy atom. The van der Waals surface area contributed by atoms with Crippen molar-refractivity contribution in [2.24, 2.45) is 5.92 Å². The number of hydrogen-bond acceptors (Lipinski definition) is 6. The van der Waals surface area contributed by atoms with Crippen LogP contribution >= 0.6 is 0 Å². The number of rotatable bonds is 2. The second-order valence-corrected chi connectivity index (χ2v) is 4.71. The van der Waals surface area contributed by atoms with Gasteiger partial charge in [-0.2, -0.15) is 10.2 Å². The average Bonchev–Trinajstić information content (AvgIpc) is 2.90. The van der Waals surface area contributed by atoms with Crippen LogP contribution in [0.25, 0.3) is 5.78 Å². The minimum atomic E-state index is -0.743. The van der Waals surface area contributed by atoms with Crippen molar-refractivity contribution in [1.82, 2.24) is 19.6 Å². The average molecular weight is 272 g/mol. The largest absolute Gasteiger partial charge is 0.481 e. The van der Waals surface area contributed by atoms with Crippen LogP contribution in [0.15, 0.2) is 12.4 Å². The van der Waals surface area contributed by atoms with E-state index in [1.165, 1.54) is 10.7 Å². The van der Waals surface area contributed by atoms with Crippen molar-refractivity contribution < 1.29 is 9.90 Å². The maximum atomic E-state index is 10.9. The maximum Gasteiger partial charge on any atom is 0.306 e. The molecule has 1 saturated heterocycles. The minimum Gasteiger partial charge on any atom is -0.481 e. The Kier molecular flexibility index (Phi) is 2.95. The van der Waals surface area contributed by atoms with Gasteiger partial charge in [-0.3, -0.25) is 4.79 Å². The molecule has 0 aliphatic carbocycles. The first-order chi connectivity index (χ1) is 9.67.